The molecule has 152 valence electrons. The lowest BCUT2D eigenvalue weighted by Crippen LogP contribution is -2.22. The number of hydrogen-bond donors (Lipinski definition) is 1. The molecule has 0 saturated heterocycles. The van der Waals surface area contributed by atoms with Gasteiger partial charge in [0.1, 0.15) is 23.5 Å². The molecule has 1 aromatic heterocycles. The fraction of sp³-hybridized carbons (Fsp3) is 0.435. The summed E-state index contributed by atoms with van der Waals surface area (Å²) in [6, 6.07) is 4.98. The molecule has 0 bridgehead atoms. The van der Waals surface area contributed by atoms with Crippen molar-refractivity contribution >= 4 is 11.0 Å². The first-order valence-corrected chi connectivity index (χ1v) is 9.47. The van der Waals surface area contributed by atoms with Crippen LogP contribution in [0.1, 0.15) is 54.4 Å². The molecular formula is C23H30O5. The summed E-state index contributed by atoms with van der Waals surface area (Å²) in [6.45, 7) is 12.1. The minimum absolute atomic E-state index is 0.176. The lowest BCUT2D eigenvalue weighted by molar-refractivity contribution is 0.131. The van der Waals surface area contributed by atoms with Crippen LogP contribution in [0, 0.1) is 0 Å². The molecule has 0 unspecified atom stereocenters. The van der Waals surface area contributed by atoms with Gasteiger partial charge in [0.05, 0.1) is 5.39 Å². The van der Waals surface area contributed by atoms with Gasteiger partial charge in [-0.2, -0.15) is 0 Å². The number of hydrogen-bond acceptors (Lipinski definition) is 5. The van der Waals surface area contributed by atoms with Gasteiger partial charge in [0, 0.05) is 6.07 Å². The van der Waals surface area contributed by atoms with E-state index in [-0.39, 0.29) is 29.3 Å². The molecule has 1 N–H and O–H groups in total. The van der Waals surface area contributed by atoms with Crippen LogP contribution in [0.5, 0.6) is 17.2 Å². The predicted octanol–water partition coefficient (Wildman–Crippen LogP) is 5.75. The van der Waals surface area contributed by atoms with Crippen molar-refractivity contribution in [3.63, 3.8) is 0 Å². The minimum atomic E-state index is -0.714. The van der Waals surface area contributed by atoms with E-state index in [0.29, 0.717) is 11.1 Å². The maximum Gasteiger partial charge on any atom is 0.383 e. The third kappa shape index (κ3) is 6.19. The maximum absolute atomic E-state index is 12.3. The Morgan fingerprint density at radius 2 is 1.89 bits per heavy atom. The molecule has 1 aromatic carbocycles. The summed E-state index contributed by atoms with van der Waals surface area (Å²) in [6.07, 6.45) is 5.97. The van der Waals surface area contributed by atoms with Gasteiger partial charge in [0.15, 0.2) is 5.75 Å². The van der Waals surface area contributed by atoms with E-state index in [1.165, 1.54) is 5.57 Å². The Kier molecular flexibility index (Phi) is 6.95. The monoisotopic (exact) mass is 386 g/mol. The SMILES string of the molecule is CC(C)=CCC/C(C)=C/COc1c(O)c2ccc(OC(C)(C)C)cc2oc1=O. The highest BCUT2D eigenvalue weighted by Crippen LogP contribution is 2.34. The molecule has 0 aliphatic rings. The Bertz CT molecular complexity index is 938. The Labute approximate surface area is 166 Å². The molecule has 5 nitrogen and oxygen atoms in total. The molecule has 0 aliphatic carbocycles. The fourth-order valence-corrected chi connectivity index (χ4v) is 2.65. The van der Waals surface area contributed by atoms with Crippen LogP contribution in [0.3, 0.4) is 0 Å². The Hall–Kier alpha value is -2.69. The van der Waals surface area contributed by atoms with Gasteiger partial charge in [-0.05, 0) is 72.6 Å². The van der Waals surface area contributed by atoms with Crippen LogP contribution >= 0.6 is 0 Å². The van der Waals surface area contributed by atoms with Crippen molar-refractivity contribution in [1.29, 1.82) is 0 Å². The Balaban J connectivity index is 2.16. The molecule has 5 heteroatoms. The van der Waals surface area contributed by atoms with Crippen LogP contribution in [0.25, 0.3) is 11.0 Å². The first-order chi connectivity index (χ1) is 13.1. The van der Waals surface area contributed by atoms with Gasteiger partial charge in [0.25, 0.3) is 0 Å². The lowest BCUT2D eigenvalue weighted by Gasteiger charge is -2.21. The quantitative estimate of drug-likeness (QED) is 0.485. The first-order valence-electron chi connectivity index (χ1n) is 9.47. The number of benzene rings is 1. The normalized spacial score (nSPS) is 12.1. The smallest absolute Gasteiger partial charge is 0.383 e. The van der Waals surface area contributed by atoms with Crippen molar-refractivity contribution in [2.45, 2.75) is 60.0 Å². The molecular weight excluding hydrogens is 356 g/mol. The van der Waals surface area contributed by atoms with E-state index in [0.717, 1.165) is 18.4 Å². The Morgan fingerprint density at radius 1 is 1.18 bits per heavy atom. The predicted molar refractivity (Wildman–Crippen MR) is 112 cm³/mol. The summed E-state index contributed by atoms with van der Waals surface area (Å²) in [5, 5.41) is 10.9. The van der Waals surface area contributed by atoms with Crippen LogP contribution < -0.4 is 15.1 Å². The van der Waals surface area contributed by atoms with Crippen molar-refractivity contribution < 1.29 is 19.0 Å². The third-order valence-electron chi connectivity index (χ3n) is 3.99. The van der Waals surface area contributed by atoms with Crippen LogP contribution in [0.4, 0.5) is 0 Å². The van der Waals surface area contributed by atoms with Crippen molar-refractivity contribution in [3.8, 4) is 17.2 Å². The van der Waals surface area contributed by atoms with E-state index in [2.05, 4.69) is 19.9 Å². The minimum Gasteiger partial charge on any atom is -0.504 e. The van der Waals surface area contributed by atoms with Gasteiger partial charge >= 0.3 is 5.63 Å². The molecule has 0 spiro atoms. The van der Waals surface area contributed by atoms with Crippen LogP contribution in [0.15, 0.2) is 50.7 Å². The third-order valence-corrected chi connectivity index (χ3v) is 3.99. The zero-order chi connectivity index (χ0) is 20.9. The lowest BCUT2D eigenvalue weighted by atomic mass is 10.1. The second kappa shape index (κ2) is 9.00. The van der Waals surface area contributed by atoms with E-state index >= 15 is 0 Å². The van der Waals surface area contributed by atoms with Gasteiger partial charge in [-0.25, -0.2) is 4.79 Å². The zero-order valence-electron chi connectivity index (χ0n) is 17.6. The average Bonchev–Trinajstić information content (AvgIpc) is 2.55. The molecule has 0 aliphatic heterocycles. The maximum atomic E-state index is 12.3. The van der Waals surface area contributed by atoms with E-state index in [9.17, 15) is 9.90 Å². The topological polar surface area (TPSA) is 68.9 Å². The van der Waals surface area contributed by atoms with Crippen LogP contribution in [0.2, 0.25) is 0 Å². The molecule has 0 fully saturated rings. The average molecular weight is 386 g/mol. The second-order valence-electron chi connectivity index (χ2n) is 8.12. The van der Waals surface area contributed by atoms with Gasteiger partial charge in [0.2, 0.25) is 5.75 Å². The molecule has 28 heavy (non-hydrogen) atoms. The number of fused-ring (bicyclic) bond motifs is 1. The summed E-state index contributed by atoms with van der Waals surface area (Å²) in [7, 11) is 0. The van der Waals surface area contributed by atoms with Crippen molar-refractivity contribution in [1.82, 2.24) is 0 Å². The van der Waals surface area contributed by atoms with Gasteiger partial charge < -0.3 is 19.0 Å². The Morgan fingerprint density at radius 3 is 2.54 bits per heavy atom. The van der Waals surface area contributed by atoms with E-state index in [1.807, 2.05) is 33.8 Å². The standard InChI is InChI=1S/C23H30O5/c1-15(2)8-7-9-16(3)12-13-26-21-20(24)18-11-10-17(28-23(4,5)6)14-19(18)27-22(21)25/h8,10-12,14,24H,7,9,13H2,1-6H3/b16-12+. The molecule has 0 saturated carbocycles. The summed E-state index contributed by atoms with van der Waals surface area (Å²) in [4.78, 5) is 12.3. The molecule has 2 aromatic rings. The zero-order valence-corrected chi connectivity index (χ0v) is 17.6. The van der Waals surface area contributed by atoms with E-state index in [1.54, 1.807) is 18.2 Å². The highest BCUT2D eigenvalue weighted by molar-refractivity contribution is 5.86. The number of ether oxygens (including phenoxy) is 2. The second-order valence-corrected chi connectivity index (χ2v) is 8.12. The summed E-state index contributed by atoms with van der Waals surface area (Å²) in [5.41, 5.74) is 1.61. The van der Waals surface area contributed by atoms with Crippen molar-refractivity contribution in [3.05, 3.63) is 51.9 Å². The summed E-state index contributed by atoms with van der Waals surface area (Å²) >= 11 is 0. The number of allylic oxidation sites excluding steroid dienone is 3. The fourth-order valence-electron chi connectivity index (χ4n) is 2.65. The van der Waals surface area contributed by atoms with E-state index < -0.39 is 5.63 Å². The van der Waals surface area contributed by atoms with Crippen molar-refractivity contribution in [2.24, 2.45) is 0 Å². The van der Waals surface area contributed by atoms with Crippen LogP contribution in [-0.2, 0) is 0 Å². The molecule has 0 radical (unpaired) electrons. The highest BCUT2D eigenvalue weighted by atomic mass is 16.5. The highest BCUT2D eigenvalue weighted by Gasteiger charge is 2.17. The summed E-state index contributed by atoms with van der Waals surface area (Å²) in [5.74, 6) is 0.167. The molecule has 0 amide bonds. The van der Waals surface area contributed by atoms with Crippen LogP contribution in [-0.4, -0.2) is 17.3 Å². The van der Waals surface area contributed by atoms with Crippen molar-refractivity contribution in [2.75, 3.05) is 6.61 Å². The molecule has 1 heterocycles. The van der Waals surface area contributed by atoms with Gasteiger partial charge in [-0.3, -0.25) is 0 Å². The first kappa shape index (κ1) is 21.6. The van der Waals surface area contributed by atoms with E-state index in [4.69, 9.17) is 13.9 Å². The number of rotatable bonds is 7. The molecule has 0 atom stereocenters. The largest absolute Gasteiger partial charge is 0.504 e. The number of aromatic hydroxyl groups is 1. The van der Waals surface area contributed by atoms with Gasteiger partial charge in [-0.1, -0.05) is 17.2 Å². The summed E-state index contributed by atoms with van der Waals surface area (Å²) < 4.78 is 16.6. The molecule has 2 rings (SSSR count). The van der Waals surface area contributed by atoms with Gasteiger partial charge in [-0.15, -0.1) is 0 Å².